The summed E-state index contributed by atoms with van der Waals surface area (Å²) in [4.78, 5) is 0. The Hall–Kier alpha value is -1.09. The Morgan fingerprint density at radius 2 is 2.22 bits per heavy atom. The minimum atomic E-state index is -0.599. The van der Waals surface area contributed by atoms with Gasteiger partial charge in [-0.3, -0.25) is 0 Å². The van der Waals surface area contributed by atoms with Crippen LogP contribution in [0.25, 0.3) is 0 Å². The molecule has 1 aromatic carbocycles. The van der Waals surface area contributed by atoms with Gasteiger partial charge in [0.05, 0.1) is 30.1 Å². The summed E-state index contributed by atoms with van der Waals surface area (Å²) < 4.78 is 6.19. The molecule has 0 radical (unpaired) electrons. The minimum Gasteiger partial charge on any atom is -0.389 e. The Morgan fingerprint density at radius 3 is 2.83 bits per heavy atom. The summed E-state index contributed by atoms with van der Waals surface area (Å²) in [5, 5.41) is 21.7. The summed E-state index contributed by atoms with van der Waals surface area (Å²) in [5.74, 6) is 0. The molecule has 4 nitrogen and oxygen atoms in total. The van der Waals surface area contributed by atoms with Crippen molar-refractivity contribution >= 4 is 21.6 Å². The number of anilines is 1. The molecule has 5 heteroatoms. The Balaban J connectivity index is 2.53. The first-order chi connectivity index (χ1) is 8.52. The van der Waals surface area contributed by atoms with E-state index in [-0.39, 0.29) is 12.7 Å². The molecule has 2 N–H and O–H groups in total. The molecule has 0 aliphatic rings. The number of halogens is 1. The minimum absolute atomic E-state index is 0.0974. The van der Waals surface area contributed by atoms with Crippen molar-refractivity contribution in [3.05, 3.63) is 28.2 Å². The van der Waals surface area contributed by atoms with Crippen molar-refractivity contribution in [3.63, 3.8) is 0 Å². The summed E-state index contributed by atoms with van der Waals surface area (Å²) in [6, 6.07) is 7.45. The second-order valence-electron chi connectivity index (χ2n) is 4.22. The summed E-state index contributed by atoms with van der Waals surface area (Å²) >= 11 is 3.35. The fourth-order valence-electron chi connectivity index (χ4n) is 1.35. The lowest BCUT2D eigenvalue weighted by Crippen LogP contribution is -2.26. The van der Waals surface area contributed by atoms with Gasteiger partial charge in [-0.2, -0.15) is 5.26 Å². The van der Waals surface area contributed by atoms with Crippen molar-refractivity contribution in [1.82, 2.24) is 0 Å². The van der Waals surface area contributed by atoms with Crippen molar-refractivity contribution in [1.29, 1.82) is 5.26 Å². The van der Waals surface area contributed by atoms with Crippen LogP contribution in [0.3, 0.4) is 0 Å². The number of nitrogens with zero attached hydrogens (tertiary/aromatic N) is 1. The number of hydrogen-bond donors (Lipinski definition) is 2. The SMILES string of the molecule is CC(C)OCC(O)CNc1cc(Br)ccc1C#N. The van der Waals surface area contributed by atoms with Gasteiger partial charge in [-0.25, -0.2) is 0 Å². The first-order valence-electron chi connectivity index (χ1n) is 5.76. The second-order valence-corrected chi connectivity index (χ2v) is 5.13. The van der Waals surface area contributed by atoms with Crippen LogP contribution in [0.15, 0.2) is 22.7 Å². The molecule has 1 atom stereocenters. The van der Waals surface area contributed by atoms with Gasteiger partial charge in [0, 0.05) is 11.0 Å². The third-order valence-electron chi connectivity index (χ3n) is 2.25. The van der Waals surface area contributed by atoms with Crippen LogP contribution in [0.2, 0.25) is 0 Å². The third-order valence-corrected chi connectivity index (χ3v) is 2.75. The highest BCUT2D eigenvalue weighted by atomic mass is 79.9. The number of ether oxygens (including phenoxy) is 1. The Labute approximate surface area is 116 Å². The van der Waals surface area contributed by atoms with Crippen LogP contribution in [0.4, 0.5) is 5.69 Å². The first-order valence-corrected chi connectivity index (χ1v) is 6.55. The van der Waals surface area contributed by atoms with Gasteiger partial charge >= 0.3 is 0 Å². The van der Waals surface area contributed by atoms with Crippen molar-refractivity contribution in [3.8, 4) is 6.07 Å². The standard InChI is InChI=1S/C13H17BrN2O2/c1-9(2)18-8-12(17)7-16-13-5-11(14)4-3-10(13)6-15/h3-5,9,12,16-17H,7-8H2,1-2H3. The fourth-order valence-corrected chi connectivity index (χ4v) is 1.71. The second kappa shape index (κ2) is 7.37. The van der Waals surface area contributed by atoms with E-state index in [0.29, 0.717) is 17.8 Å². The predicted octanol–water partition coefficient (Wildman–Crippen LogP) is 2.52. The van der Waals surface area contributed by atoms with Crippen molar-refractivity contribution in [2.75, 3.05) is 18.5 Å². The fraction of sp³-hybridized carbons (Fsp3) is 0.462. The lowest BCUT2D eigenvalue weighted by Gasteiger charge is -2.15. The number of aliphatic hydroxyl groups is 1. The van der Waals surface area contributed by atoms with Gasteiger partial charge in [0.15, 0.2) is 0 Å². The van der Waals surface area contributed by atoms with E-state index in [1.54, 1.807) is 6.07 Å². The number of hydrogen-bond acceptors (Lipinski definition) is 4. The molecule has 0 fully saturated rings. The predicted molar refractivity (Wildman–Crippen MR) is 74.4 cm³/mol. The average molecular weight is 313 g/mol. The monoisotopic (exact) mass is 312 g/mol. The van der Waals surface area contributed by atoms with Gasteiger partial charge in [-0.1, -0.05) is 15.9 Å². The molecule has 0 amide bonds. The number of nitrogens with one attached hydrogen (secondary N) is 1. The van der Waals surface area contributed by atoms with Crippen LogP contribution < -0.4 is 5.32 Å². The van der Waals surface area contributed by atoms with Crippen LogP contribution in [0, 0.1) is 11.3 Å². The van der Waals surface area contributed by atoms with Crippen molar-refractivity contribution < 1.29 is 9.84 Å². The maximum absolute atomic E-state index is 9.71. The molecule has 0 saturated carbocycles. The Bertz CT molecular complexity index is 429. The molecular weight excluding hydrogens is 296 g/mol. The zero-order chi connectivity index (χ0) is 13.5. The number of benzene rings is 1. The third kappa shape index (κ3) is 5.05. The smallest absolute Gasteiger partial charge is 0.101 e. The van der Waals surface area contributed by atoms with Gasteiger partial charge in [0.2, 0.25) is 0 Å². The molecule has 18 heavy (non-hydrogen) atoms. The maximum atomic E-state index is 9.71. The highest BCUT2D eigenvalue weighted by Gasteiger charge is 2.08. The van der Waals surface area contributed by atoms with Crippen molar-refractivity contribution in [2.24, 2.45) is 0 Å². The topological polar surface area (TPSA) is 65.3 Å². The van der Waals surface area contributed by atoms with Crippen LogP contribution in [-0.2, 0) is 4.74 Å². The maximum Gasteiger partial charge on any atom is 0.101 e. The van der Waals surface area contributed by atoms with E-state index in [1.807, 2.05) is 26.0 Å². The quantitative estimate of drug-likeness (QED) is 0.847. The molecule has 0 aliphatic heterocycles. The van der Waals surface area contributed by atoms with Crippen LogP contribution in [0.5, 0.6) is 0 Å². The van der Waals surface area contributed by atoms with Crippen LogP contribution >= 0.6 is 15.9 Å². The summed E-state index contributed by atoms with van der Waals surface area (Å²) in [6.45, 7) is 4.46. The molecule has 0 spiro atoms. The number of rotatable bonds is 6. The lowest BCUT2D eigenvalue weighted by atomic mass is 10.2. The first kappa shape index (κ1) is 15.0. The summed E-state index contributed by atoms with van der Waals surface area (Å²) in [6.07, 6.45) is -0.502. The highest BCUT2D eigenvalue weighted by Crippen LogP contribution is 2.20. The molecule has 1 unspecified atom stereocenters. The van der Waals surface area contributed by atoms with E-state index in [1.165, 1.54) is 0 Å². The lowest BCUT2D eigenvalue weighted by molar-refractivity contribution is 0.0112. The van der Waals surface area contributed by atoms with Crippen LogP contribution in [0.1, 0.15) is 19.4 Å². The van der Waals surface area contributed by atoms with E-state index in [9.17, 15) is 5.11 Å². The van der Waals surface area contributed by atoms with E-state index in [0.717, 1.165) is 4.47 Å². The zero-order valence-corrected chi connectivity index (χ0v) is 12.1. The molecular formula is C13H17BrN2O2. The zero-order valence-electron chi connectivity index (χ0n) is 10.5. The molecule has 98 valence electrons. The molecule has 1 rings (SSSR count). The molecule has 1 aromatic rings. The van der Waals surface area contributed by atoms with Crippen LogP contribution in [-0.4, -0.2) is 30.5 Å². The Kier molecular flexibility index (Phi) is 6.13. The largest absolute Gasteiger partial charge is 0.389 e. The van der Waals surface area contributed by atoms with E-state index >= 15 is 0 Å². The van der Waals surface area contributed by atoms with Crippen molar-refractivity contribution in [2.45, 2.75) is 26.1 Å². The molecule has 0 aliphatic carbocycles. The van der Waals surface area contributed by atoms with E-state index in [2.05, 4.69) is 27.3 Å². The number of nitriles is 1. The van der Waals surface area contributed by atoms with E-state index in [4.69, 9.17) is 10.00 Å². The average Bonchev–Trinajstić information content (AvgIpc) is 2.34. The molecule has 0 bridgehead atoms. The normalized spacial score (nSPS) is 12.2. The highest BCUT2D eigenvalue weighted by molar-refractivity contribution is 9.10. The van der Waals surface area contributed by atoms with Gasteiger partial charge in [0.25, 0.3) is 0 Å². The molecule has 0 heterocycles. The Morgan fingerprint density at radius 1 is 1.50 bits per heavy atom. The van der Waals surface area contributed by atoms with Gasteiger partial charge in [-0.15, -0.1) is 0 Å². The van der Waals surface area contributed by atoms with E-state index < -0.39 is 6.10 Å². The van der Waals surface area contributed by atoms with Gasteiger partial charge < -0.3 is 15.2 Å². The number of aliphatic hydroxyl groups excluding tert-OH is 1. The van der Waals surface area contributed by atoms with Gasteiger partial charge in [-0.05, 0) is 32.0 Å². The van der Waals surface area contributed by atoms with Gasteiger partial charge in [0.1, 0.15) is 6.07 Å². The summed E-state index contributed by atoms with van der Waals surface area (Å²) in [5.41, 5.74) is 1.26. The molecule has 0 saturated heterocycles. The summed E-state index contributed by atoms with van der Waals surface area (Å²) in [7, 11) is 0. The molecule has 0 aromatic heterocycles.